The van der Waals surface area contributed by atoms with Gasteiger partial charge in [-0.2, -0.15) is 0 Å². The number of pyridine rings is 1. The molecule has 27 heavy (non-hydrogen) atoms. The van der Waals surface area contributed by atoms with Crippen LogP contribution in [0.3, 0.4) is 0 Å². The second-order valence-electron chi connectivity index (χ2n) is 7.26. The third kappa shape index (κ3) is 7.73. The molecule has 0 bridgehead atoms. The Hall–Kier alpha value is -0.610. The molecule has 9 heteroatoms. The molecule has 6 nitrogen and oxygen atoms in total. The molecular formula is C18H28ClIN4O2S. The first-order valence-corrected chi connectivity index (χ1v) is 11.6. The first-order valence-electron chi connectivity index (χ1n) is 9.36. The molecule has 3 rings (SSSR count). The SMILES string of the molecule is I.O=S1(=O)CCC(CNC(=NCc2ccc(Cl)cn2)NC2CCCCC2)C1. The molecule has 1 unspecified atom stereocenters. The number of aliphatic imine (C=N–C) groups is 1. The van der Waals surface area contributed by atoms with Gasteiger partial charge in [-0.1, -0.05) is 30.9 Å². The summed E-state index contributed by atoms with van der Waals surface area (Å²) in [4.78, 5) is 8.93. The maximum Gasteiger partial charge on any atom is 0.191 e. The van der Waals surface area contributed by atoms with Gasteiger partial charge in [0.2, 0.25) is 0 Å². The normalized spacial score (nSPS) is 22.9. The zero-order chi connectivity index (χ0) is 18.4. The highest BCUT2D eigenvalue weighted by atomic mass is 127. The maximum atomic E-state index is 11.6. The fourth-order valence-electron chi connectivity index (χ4n) is 3.53. The molecule has 1 aromatic heterocycles. The lowest BCUT2D eigenvalue weighted by Gasteiger charge is -2.25. The Bertz CT molecular complexity index is 721. The molecular weight excluding hydrogens is 499 g/mol. The second kappa shape index (κ2) is 10.8. The largest absolute Gasteiger partial charge is 0.356 e. The number of halogens is 2. The molecule has 0 aromatic carbocycles. The summed E-state index contributed by atoms with van der Waals surface area (Å²) in [5, 5.41) is 7.48. The summed E-state index contributed by atoms with van der Waals surface area (Å²) in [6.45, 7) is 1.09. The predicted octanol–water partition coefficient (Wildman–Crippen LogP) is 3.16. The van der Waals surface area contributed by atoms with Gasteiger partial charge in [-0.15, -0.1) is 24.0 Å². The Kier molecular flexibility index (Phi) is 9.07. The first kappa shape index (κ1) is 22.7. The van der Waals surface area contributed by atoms with Crippen molar-refractivity contribution >= 4 is 51.4 Å². The molecule has 2 N–H and O–H groups in total. The molecule has 0 radical (unpaired) electrons. The highest BCUT2D eigenvalue weighted by Gasteiger charge is 2.28. The van der Waals surface area contributed by atoms with Crippen molar-refractivity contribution in [2.45, 2.75) is 51.1 Å². The van der Waals surface area contributed by atoms with Crippen LogP contribution in [0.4, 0.5) is 0 Å². The number of rotatable bonds is 5. The lowest BCUT2D eigenvalue weighted by Crippen LogP contribution is -2.45. The molecule has 152 valence electrons. The van der Waals surface area contributed by atoms with Crippen LogP contribution in [0.15, 0.2) is 23.3 Å². The molecule has 2 heterocycles. The summed E-state index contributed by atoms with van der Waals surface area (Å²) in [5.41, 5.74) is 0.850. The van der Waals surface area contributed by atoms with Crippen LogP contribution in [0, 0.1) is 5.92 Å². The molecule has 1 aliphatic heterocycles. The quantitative estimate of drug-likeness (QED) is 0.350. The predicted molar refractivity (Wildman–Crippen MR) is 121 cm³/mol. The van der Waals surface area contributed by atoms with Gasteiger partial charge in [-0.3, -0.25) is 4.98 Å². The van der Waals surface area contributed by atoms with Gasteiger partial charge in [0.25, 0.3) is 0 Å². The molecule has 1 aromatic rings. The highest BCUT2D eigenvalue weighted by Crippen LogP contribution is 2.19. The van der Waals surface area contributed by atoms with Crippen LogP contribution in [-0.4, -0.2) is 43.5 Å². The van der Waals surface area contributed by atoms with Crippen molar-refractivity contribution in [2.24, 2.45) is 10.9 Å². The van der Waals surface area contributed by atoms with Gasteiger partial charge in [-0.05, 0) is 37.3 Å². The summed E-state index contributed by atoms with van der Waals surface area (Å²) >= 11 is 5.88. The van der Waals surface area contributed by atoms with Crippen molar-refractivity contribution in [3.8, 4) is 0 Å². The van der Waals surface area contributed by atoms with E-state index in [9.17, 15) is 8.42 Å². The van der Waals surface area contributed by atoms with Crippen LogP contribution in [0.5, 0.6) is 0 Å². The van der Waals surface area contributed by atoms with E-state index in [1.54, 1.807) is 6.20 Å². The molecule has 1 aliphatic carbocycles. The molecule has 2 fully saturated rings. The summed E-state index contributed by atoms with van der Waals surface area (Å²) in [5.74, 6) is 1.48. The fourth-order valence-corrected chi connectivity index (χ4v) is 5.50. The van der Waals surface area contributed by atoms with Gasteiger partial charge in [0.15, 0.2) is 15.8 Å². The number of sulfone groups is 1. The third-order valence-corrected chi connectivity index (χ3v) is 7.08. The van der Waals surface area contributed by atoms with Gasteiger partial charge in [-0.25, -0.2) is 13.4 Å². The fraction of sp³-hybridized carbons (Fsp3) is 0.667. The number of hydrogen-bond acceptors (Lipinski definition) is 4. The van der Waals surface area contributed by atoms with Crippen molar-refractivity contribution < 1.29 is 8.42 Å². The van der Waals surface area contributed by atoms with Crippen LogP contribution in [-0.2, 0) is 16.4 Å². The maximum absolute atomic E-state index is 11.6. The molecule has 2 aliphatic rings. The van der Waals surface area contributed by atoms with E-state index in [1.807, 2.05) is 12.1 Å². The van der Waals surface area contributed by atoms with E-state index in [0.717, 1.165) is 30.9 Å². The van der Waals surface area contributed by atoms with Crippen LogP contribution < -0.4 is 10.6 Å². The standard InChI is InChI=1S/C18H27ClN4O2S.HI/c19-15-6-7-17(20-11-15)12-22-18(23-16-4-2-1-3-5-16)21-10-14-8-9-26(24,25)13-14;/h6-7,11,14,16H,1-5,8-10,12-13H2,(H2,21,22,23);1H. The van der Waals surface area contributed by atoms with E-state index in [0.29, 0.717) is 29.9 Å². The Morgan fingerprint density at radius 3 is 2.63 bits per heavy atom. The molecule has 0 amide bonds. The van der Waals surface area contributed by atoms with Crippen LogP contribution in [0.2, 0.25) is 5.02 Å². The van der Waals surface area contributed by atoms with Gasteiger partial charge in [0.1, 0.15) is 0 Å². The van der Waals surface area contributed by atoms with Crippen molar-refractivity contribution in [3.63, 3.8) is 0 Å². The van der Waals surface area contributed by atoms with Crippen molar-refractivity contribution in [3.05, 3.63) is 29.0 Å². The molecule has 1 saturated heterocycles. The van der Waals surface area contributed by atoms with E-state index < -0.39 is 9.84 Å². The van der Waals surface area contributed by atoms with Gasteiger partial charge in [0.05, 0.1) is 28.8 Å². The minimum atomic E-state index is -2.85. The monoisotopic (exact) mass is 526 g/mol. The Balaban J connectivity index is 0.00000261. The third-order valence-electron chi connectivity index (χ3n) is 5.02. The average molecular weight is 527 g/mol. The Morgan fingerprint density at radius 1 is 1.22 bits per heavy atom. The minimum absolute atomic E-state index is 0. The second-order valence-corrected chi connectivity index (χ2v) is 9.93. The van der Waals surface area contributed by atoms with E-state index in [4.69, 9.17) is 11.6 Å². The number of nitrogens with one attached hydrogen (secondary N) is 2. The van der Waals surface area contributed by atoms with Crippen molar-refractivity contribution in [2.75, 3.05) is 18.1 Å². The van der Waals surface area contributed by atoms with E-state index in [1.165, 1.54) is 19.3 Å². The van der Waals surface area contributed by atoms with Crippen molar-refractivity contribution in [1.82, 2.24) is 15.6 Å². The van der Waals surface area contributed by atoms with Gasteiger partial charge < -0.3 is 10.6 Å². The lowest BCUT2D eigenvalue weighted by molar-refractivity contribution is 0.408. The topological polar surface area (TPSA) is 83.5 Å². The average Bonchev–Trinajstić information content (AvgIpc) is 2.98. The van der Waals surface area contributed by atoms with Crippen molar-refractivity contribution in [1.29, 1.82) is 0 Å². The number of nitrogens with zero attached hydrogens (tertiary/aromatic N) is 2. The summed E-state index contributed by atoms with van der Waals surface area (Å²) in [6.07, 6.45) is 8.43. The van der Waals surface area contributed by atoms with E-state index in [2.05, 4.69) is 20.6 Å². The first-order chi connectivity index (χ1) is 12.5. The minimum Gasteiger partial charge on any atom is -0.356 e. The highest BCUT2D eigenvalue weighted by molar-refractivity contribution is 14.0. The van der Waals surface area contributed by atoms with E-state index in [-0.39, 0.29) is 35.6 Å². The Labute approximate surface area is 183 Å². The molecule has 0 spiro atoms. The summed E-state index contributed by atoms with van der Waals surface area (Å²) in [7, 11) is -2.85. The van der Waals surface area contributed by atoms with Crippen LogP contribution in [0.1, 0.15) is 44.2 Å². The number of hydrogen-bond donors (Lipinski definition) is 2. The number of aromatic nitrogens is 1. The molecule has 1 atom stereocenters. The lowest BCUT2D eigenvalue weighted by atomic mass is 9.96. The smallest absolute Gasteiger partial charge is 0.191 e. The van der Waals surface area contributed by atoms with Crippen LogP contribution >= 0.6 is 35.6 Å². The summed E-state index contributed by atoms with van der Waals surface area (Å²) < 4.78 is 23.3. The van der Waals surface area contributed by atoms with E-state index >= 15 is 0 Å². The zero-order valence-electron chi connectivity index (χ0n) is 15.4. The van der Waals surface area contributed by atoms with Gasteiger partial charge in [0, 0.05) is 18.8 Å². The molecule has 1 saturated carbocycles. The zero-order valence-corrected chi connectivity index (χ0v) is 19.3. The number of guanidine groups is 1. The van der Waals surface area contributed by atoms with Gasteiger partial charge >= 0.3 is 0 Å². The summed E-state index contributed by atoms with van der Waals surface area (Å²) in [6, 6.07) is 4.11. The van der Waals surface area contributed by atoms with Crippen LogP contribution in [0.25, 0.3) is 0 Å². The Morgan fingerprint density at radius 2 is 2.00 bits per heavy atom.